The van der Waals surface area contributed by atoms with Gasteiger partial charge in [0, 0.05) is 26.8 Å². The Hall–Kier alpha value is -0.370. The molecule has 108 valence electrons. The van der Waals surface area contributed by atoms with Gasteiger partial charge in [0.05, 0.1) is 19.3 Å². The lowest BCUT2D eigenvalue weighted by atomic mass is 10.1. The summed E-state index contributed by atoms with van der Waals surface area (Å²) >= 11 is 0. The number of methoxy groups -OCH3 is 1. The van der Waals surface area contributed by atoms with Crippen molar-refractivity contribution in [3.8, 4) is 0 Å². The molecule has 1 heterocycles. The maximum absolute atomic E-state index is 13.1. The van der Waals surface area contributed by atoms with Gasteiger partial charge in [0.25, 0.3) is 0 Å². The van der Waals surface area contributed by atoms with Crippen LogP contribution in [-0.4, -0.2) is 68.3 Å². The van der Waals surface area contributed by atoms with Gasteiger partial charge in [-0.15, -0.1) is 0 Å². The van der Waals surface area contributed by atoms with Crippen LogP contribution in [-0.2, 0) is 9.47 Å². The number of halogens is 3. The van der Waals surface area contributed by atoms with E-state index in [0.717, 1.165) is 0 Å². The molecule has 0 saturated carbocycles. The summed E-state index contributed by atoms with van der Waals surface area (Å²) in [7, 11) is 1.44. The summed E-state index contributed by atoms with van der Waals surface area (Å²) in [5.41, 5.74) is 0. The van der Waals surface area contributed by atoms with E-state index in [1.54, 1.807) is 0 Å². The van der Waals surface area contributed by atoms with Crippen LogP contribution in [0.4, 0.5) is 13.2 Å². The van der Waals surface area contributed by atoms with Crippen LogP contribution in [0.25, 0.3) is 0 Å². The summed E-state index contributed by atoms with van der Waals surface area (Å²) in [5, 5.41) is 8.90. The maximum atomic E-state index is 13.1. The van der Waals surface area contributed by atoms with Crippen molar-refractivity contribution in [3.05, 3.63) is 0 Å². The second kappa shape index (κ2) is 7.28. The van der Waals surface area contributed by atoms with Crippen LogP contribution in [0.5, 0.6) is 0 Å². The van der Waals surface area contributed by atoms with Gasteiger partial charge in [0.15, 0.2) is 0 Å². The Kier molecular flexibility index (Phi) is 6.34. The Morgan fingerprint density at radius 1 is 1.44 bits per heavy atom. The summed E-state index contributed by atoms with van der Waals surface area (Å²) < 4.78 is 49.4. The Morgan fingerprint density at radius 2 is 2.17 bits per heavy atom. The lowest BCUT2D eigenvalue weighted by Crippen LogP contribution is -2.54. The SMILES string of the molecule is COCCN(CCO)C(C1CCCO1)C(F)(F)F. The Morgan fingerprint density at radius 3 is 2.61 bits per heavy atom. The molecular weight excluding hydrogens is 251 g/mol. The molecule has 18 heavy (non-hydrogen) atoms. The van der Waals surface area contributed by atoms with Crippen LogP contribution in [0.3, 0.4) is 0 Å². The van der Waals surface area contributed by atoms with Gasteiger partial charge in [0.1, 0.15) is 6.04 Å². The van der Waals surface area contributed by atoms with E-state index in [4.69, 9.17) is 14.6 Å². The number of nitrogens with zero attached hydrogens (tertiary/aromatic N) is 1. The quantitative estimate of drug-likeness (QED) is 0.751. The highest BCUT2D eigenvalue weighted by Crippen LogP contribution is 2.32. The summed E-state index contributed by atoms with van der Waals surface area (Å²) in [5.74, 6) is 0. The smallest absolute Gasteiger partial charge is 0.395 e. The van der Waals surface area contributed by atoms with Crippen molar-refractivity contribution in [2.75, 3.05) is 40.0 Å². The zero-order chi connectivity index (χ0) is 13.6. The number of hydrogen-bond acceptors (Lipinski definition) is 4. The van der Waals surface area contributed by atoms with Crippen LogP contribution >= 0.6 is 0 Å². The van der Waals surface area contributed by atoms with Gasteiger partial charge in [-0.05, 0) is 12.8 Å². The van der Waals surface area contributed by atoms with Crippen molar-refractivity contribution in [2.24, 2.45) is 0 Å². The molecule has 2 atom stereocenters. The molecule has 1 aliphatic heterocycles. The minimum absolute atomic E-state index is 0.0343. The Balaban J connectivity index is 2.75. The highest BCUT2D eigenvalue weighted by Gasteiger charge is 2.49. The van der Waals surface area contributed by atoms with Crippen LogP contribution in [0, 0.1) is 0 Å². The molecule has 7 heteroatoms. The molecule has 0 aliphatic carbocycles. The monoisotopic (exact) mass is 271 g/mol. The van der Waals surface area contributed by atoms with Gasteiger partial charge in [-0.1, -0.05) is 0 Å². The predicted molar refractivity (Wildman–Crippen MR) is 59.4 cm³/mol. The van der Waals surface area contributed by atoms with Gasteiger partial charge in [-0.3, -0.25) is 4.90 Å². The molecule has 0 bridgehead atoms. The first kappa shape index (κ1) is 15.7. The van der Waals surface area contributed by atoms with Crippen LogP contribution in [0.1, 0.15) is 12.8 Å². The van der Waals surface area contributed by atoms with Crippen LogP contribution < -0.4 is 0 Å². The van der Waals surface area contributed by atoms with Crippen molar-refractivity contribution < 1.29 is 27.8 Å². The minimum Gasteiger partial charge on any atom is -0.395 e. The third-order valence-corrected chi connectivity index (χ3v) is 3.02. The van der Waals surface area contributed by atoms with Gasteiger partial charge in [-0.25, -0.2) is 0 Å². The standard InChI is InChI=1S/C11H20F3NO3/c1-17-8-5-15(4-6-16)10(11(12,13)14)9-3-2-7-18-9/h9-10,16H,2-8H2,1H3. The van der Waals surface area contributed by atoms with Gasteiger partial charge in [-0.2, -0.15) is 13.2 Å². The minimum atomic E-state index is -4.36. The molecule has 0 aromatic rings. The maximum Gasteiger partial charge on any atom is 0.406 e. The molecule has 1 fully saturated rings. The zero-order valence-electron chi connectivity index (χ0n) is 10.4. The molecule has 0 aromatic carbocycles. The molecule has 1 aliphatic rings. The first-order chi connectivity index (χ1) is 8.50. The number of aliphatic hydroxyl groups excluding tert-OH is 1. The first-order valence-electron chi connectivity index (χ1n) is 6.03. The number of alkyl halides is 3. The van der Waals surface area contributed by atoms with Gasteiger partial charge < -0.3 is 14.6 Å². The van der Waals surface area contributed by atoms with Gasteiger partial charge in [0.2, 0.25) is 0 Å². The summed E-state index contributed by atoms with van der Waals surface area (Å²) in [4.78, 5) is 1.19. The normalized spacial score (nSPS) is 22.7. The Bertz CT molecular complexity index is 232. The summed E-state index contributed by atoms with van der Waals surface area (Å²) in [6.07, 6.45) is -4.15. The summed E-state index contributed by atoms with van der Waals surface area (Å²) in [6, 6.07) is -1.66. The van der Waals surface area contributed by atoms with Crippen molar-refractivity contribution in [1.29, 1.82) is 0 Å². The lowest BCUT2D eigenvalue weighted by molar-refractivity contribution is -0.211. The largest absolute Gasteiger partial charge is 0.406 e. The number of aliphatic hydroxyl groups is 1. The van der Waals surface area contributed by atoms with E-state index < -0.39 is 18.3 Å². The molecular formula is C11H20F3NO3. The van der Waals surface area contributed by atoms with Crippen molar-refractivity contribution in [1.82, 2.24) is 4.90 Å². The fraction of sp³-hybridized carbons (Fsp3) is 1.00. The fourth-order valence-electron chi connectivity index (χ4n) is 2.23. The topological polar surface area (TPSA) is 41.9 Å². The van der Waals surface area contributed by atoms with E-state index >= 15 is 0 Å². The predicted octanol–water partition coefficient (Wildman–Crippen LogP) is 1.04. The first-order valence-corrected chi connectivity index (χ1v) is 6.03. The molecule has 4 nitrogen and oxygen atoms in total. The average molecular weight is 271 g/mol. The number of rotatable bonds is 7. The molecule has 1 N–H and O–H groups in total. The van der Waals surface area contributed by atoms with E-state index in [2.05, 4.69) is 0 Å². The van der Waals surface area contributed by atoms with E-state index in [0.29, 0.717) is 19.4 Å². The van der Waals surface area contributed by atoms with Crippen molar-refractivity contribution >= 4 is 0 Å². The van der Waals surface area contributed by atoms with Crippen molar-refractivity contribution in [3.63, 3.8) is 0 Å². The molecule has 0 spiro atoms. The van der Waals surface area contributed by atoms with Crippen molar-refractivity contribution in [2.45, 2.75) is 31.2 Å². The van der Waals surface area contributed by atoms with Crippen LogP contribution in [0.15, 0.2) is 0 Å². The third kappa shape index (κ3) is 4.38. The van der Waals surface area contributed by atoms with Gasteiger partial charge >= 0.3 is 6.18 Å². The molecule has 2 unspecified atom stereocenters. The second-order valence-electron chi connectivity index (χ2n) is 4.29. The molecule has 1 saturated heterocycles. The van der Waals surface area contributed by atoms with E-state index in [9.17, 15) is 13.2 Å². The molecule has 0 radical (unpaired) electrons. The summed E-state index contributed by atoms with van der Waals surface area (Å²) in [6.45, 7) is 0.339. The van der Waals surface area contributed by atoms with E-state index in [1.807, 2.05) is 0 Å². The Labute approximate surface area is 105 Å². The van der Waals surface area contributed by atoms with Crippen LogP contribution in [0.2, 0.25) is 0 Å². The lowest BCUT2D eigenvalue weighted by Gasteiger charge is -2.35. The average Bonchev–Trinajstić information content (AvgIpc) is 2.77. The number of hydrogen-bond donors (Lipinski definition) is 1. The highest BCUT2D eigenvalue weighted by atomic mass is 19.4. The molecule has 1 rings (SSSR count). The highest BCUT2D eigenvalue weighted by molar-refractivity contribution is 4.88. The second-order valence-corrected chi connectivity index (χ2v) is 4.29. The van der Waals surface area contributed by atoms with E-state index in [1.165, 1.54) is 12.0 Å². The molecule has 0 amide bonds. The third-order valence-electron chi connectivity index (χ3n) is 3.02. The van der Waals surface area contributed by atoms with E-state index in [-0.39, 0.29) is 26.3 Å². The number of ether oxygens (including phenoxy) is 2. The molecule has 0 aromatic heterocycles. The zero-order valence-corrected chi connectivity index (χ0v) is 10.4. The fourth-order valence-corrected chi connectivity index (χ4v) is 2.23.